The number of carboxylic acid groups (broad SMARTS) is 2. The highest BCUT2D eigenvalue weighted by Crippen LogP contribution is 2.41. The molecule has 0 spiro atoms. The van der Waals surface area contributed by atoms with Crippen LogP contribution in [0, 0.1) is 10.1 Å². The van der Waals surface area contributed by atoms with Gasteiger partial charge in [0.05, 0.1) is 15.8 Å². The molecule has 0 aromatic heterocycles. The van der Waals surface area contributed by atoms with Gasteiger partial charge in [-0.15, -0.1) is 0 Å². The molecule has 0 saturated carbocycles. The summed E-state index contributed by atoms with van der Waals surface area (Å²) in [5, 5.41) is 30.0. The van der Waals surface area contributed by atoms with E-state index in [2.05, 4.69) is 106 Å². The lowest BCUT2D eigenvalue weighted by atomic mass is 9.67. The van der Waals surface area contributed by atoms with E-state index in [-0.39, 0.29) is 42.7 Å². The number of non-ortho nitro benzene ring substituents is 1. The van der Waals surface area contributed by atoms with E-state index in [0.29, 0.717) is 24.9 Å². The van der Waals surface area contributed by atoms with Gasteiger partial charge in [0.25, 0.3) is 11.6 Å². The molecule has 3 atom stereocenters. The van der Waals surface area contributed by atoms with Crippen LogP contribution < -0.4 is 5.32 Å². The van der Waals surface area contributed by atoms with Crippen molar-refractivity contribution in [2.75, 3.05) is 28.2 Å². The van der Waals surface area contributed by atoms with Crippen LogP contribution in [0.3, 0.4) is 0 Å². The molecular formula is C54H68N4O9S. The third-order valence-electron chi connectivity index (χ3n) is 12.2. The molecule has 5 aromatic rings. The number of aliphatic carboxylic acids is 2. The first-order valence-electron chi connectivity index (χ1n) is 22.5. The zero-order chi connectivity index (χ0) is 49.7. The minimum absolute atomic E-state index is 0. The maximum atomic E-state index is 13.2. The molecule has 5 rings (SSSR count). The average molecular weight is 949 g/mol. The molecule has 1 unspecified atom stereocenters. The molecule has 5 aromatic carbocycles. The van der Waals surface area contributed by atoms with Crippen molar-refractivity contribution in [3.63, 3.8) is 0 Å². The second-order valence-corrected chi connectivity index (χ2v) is 17.0. The standard InChI is InChI=1S/2C21H27NO.C12H12N2O7.H2S/c2*1-5-20(23)21(16-17(2)22(3)4,18-12-8-6-9-13-18)19-14-10-7-11-15-19;15-10(16)6-5-9(12(18)19)13-11(17)7-1-3-8(4-2-7)14(20)21;/h2*6-15,17H,5,16H2,1-4H3;1-4,9H,5-6H2,(H,13,17)(H,15,16)(H,18,19);1H2/t17-;;9-;/m0.0./s1. The first-order valence-corrected chi connectivity index (χ1v) is 22.5. The molecule has 0 aliphatic carbocycles. The lowest BCUT2D eigenvalue weighted by Crippen LogP contribution is -2.42. The Balaban J connectivity index is 0.000000348. The summed E-state index contributed by atoms with van der Waals surface area (Å²) in [6.45, 7) is 8.29. The average Bonchev–Trinajstić information content (AvgIpc) is 3.34. The number of carbonyl (C=O) groups is 5. The Morgan fingerprint density at radius 2 is 0.912 bits per heavy atom. The highest BCUT2D eigenvalue weighted by molar-refractivity contribution is 7.59. The van der Waals surface area contributed by atoms with Crippen LogP contribution in [0.2, 0.25) is 0 Å². The third-order valence-corrected chi connectivity index (χ3v) is 12.2. The molecule has 0 aliphatic heterocycles. The second-order valence-electron chi connectivity index (χ2n) is 17.0. The third kappa shape index (κ3) is 15.5. The molecule has 364 valence electrons. The van der Waals surface area contributed by atoms with E-state index in [0.717, 1.165) is 47.2 Å². The number of rotatable bonds is 21. The summed E-state index contributed by atoms with van der Waals surface area (Å²) in [5.41, 5.74) is 3.04. The monoisotopic (exact) mass is 948 g/mol. The fraction of sp³-hybridized carbons (Fsp3) is 0.352. The normalized spacial score (nSPS) is 12.4. The number of hydrogen-bond donors (Lipinski definition) is 3. The Labute approximate surface area is 408 Å². The van der Waals surface area contributed by atoms with Crippen molar-refractivity contribution in [1.29, 1.82) is 0 Å². The van der Waals surface area contributed by atoms with Gasteiger partial charge in [-0.3, -0.25) is 29.3 Å². The molecule has 13 nitrogen and oxygen atoms in total. The predicted molar refractivity (Wildman–Crippen MR) is 273 cm³/mol. The number of nitrogens with zero attached hydrogens (tertiary/aromatic N) is 3. The Bertz CT molecular complexity index is 2150. The van der Waals surface area contributed by atoms with E-state index in [4.69, 9.17) is 10.2 Å². The van der Waals surface area contributed by atoms with Gasteiger partial charge in [0.1, 0.15) is 17.6 Å². The lowest BCUT2D eigenvalue weighted by molar-refractivity contribution is -0.384. The molecule has 0 heterocycles. The summed E-state index contributed by atoms with van der Waals surface area (Å²) in [5.74, 6) is -2.72. The number of Topliss-reactive ketones (excluding diaryl/α,β-unsaturated/α-hetero) is 2. The molecule has 0 saturated heterocycles. The predicted octanol–water partition coefficient (Wildman–Crippen LogP) is 9.34. The van der Waals surface area contributed by atoms with E-state index >= 15 is 0 Å². The topological polar surface area (TPSA) is 187 Å². The van der Waals surface area contributed by atoms with E-state index in [9.17, 15) is 34.1 Å². The van der Waals surface area contributed by atoms with Crippen LogP contribution in [-0.2, 0) is 30.0 Å². The second kappa shape index (κ2) is 28.0. The number of ketones is 2. The number of carbonyl (C=O) groups excluding carboxylic acids is 3. The zero-order valence-electron chi connectivity index (χ0n) is 40.4. The number of hydrogen-bond acceptors (Lipinski definition) is 9. The number of amides is 1. The van der Waals surface area contributed by atoms with Gasteiger partial charge in [-0.05, 0) is 95.7 Å². The molecule has 0 fully saturated rings. The van der Waals surface area contributed by atoms with Crippen LogP contribution in [-0.4, -0.2) is 101 Å². The summed E-state index contributed by atoms with van der Waals surface area (Å²) in [6, 6.07) is 44.7. The maximum absolute atomic E-state index is 13.2. The Kier molecular flexibility index (Phi) is 23.7. The first-order chi connectivity index (χ1) is 31.8. The molecule has 0 radical (unpaired) electrons. The van der Waals surface area contributed by atoms with Gasteiger partial charge < -0.3 is 25.3 Å². The summed E-state index contributed by atoms with van der Waals surface area (Å²) < 4.78 is 0. The van der Waals surface area contributed by atoms with Crippen molar-refractivity contribution in [1.82, 2.24) is 15.1 Å². The maximum Gasteiger partial charge on any atom is 0.326 e. The number of nitro benzene ring substituents is 1. The van der Waals surface area contributed by atoms with Crippen molar-refractivity contribution >= 4 is 48.6 Å². The Morgan fingerprint density at radius 3 is 1.16 bits per heavy atom. The van der Waals surface area contributed by atoms with Crippen LogP contribution in [0.5, 0.6) is 0 Å². The summed E-state index contributed by atoms with van der Waals surface area (Å²) in [4.78, 5) is 73.7. The van der Waals surface area contributed by atoms with Crippen molar-refractivity contribution < 1.29 is 39.1 Å². The molecular weight excluding hydrogens is 881 g/mol. The van der Waals surface area contributed by atoms with Crippen LogP contribution in [0.15, 0.2) is 146 Å². The smallest absolute Gasteiger partial charge is 0.326 e. The summed E-state index contributed by atoms with van der Waals surface area (Å²) >= 11 is 0. The van der Waals surface area contributed by atoms with E-state index in [1.165, 1.54) is 12.1 Å². The van der Waals surface area contributed by atoms with Crippen LogP contribution in [0.25, 0.3) is 0 Å². The molecule has 68 heavy (non-hydrogen) atoms. The SMILES string of the molecule is CCC(=O)C(CC(C)N(C)C)(c1ccccc1)c1ccccc1.CCC(=O)C(C[C@H](C)N(C)C)(c1ccccc1)c1ccccc1.O=C(O)CC[C@H](NC(=O)c1ccc([N+](=O)[O-])cc1)C(=O)O.S. The van der Waals surface area contributed by atoms with Gasteiger partial charge in [-0.25, -0.2) is 4.79 Å². The number of benzene rings is 5. The zero-order valence-corrected chi connectivity index (χ0v) is 41.4. The highest BCUT2D eigenvalue weighted by Gasteiger charge is 2.43. The van der Waals surface area contributed by atoms with Crippen molar-refractivity contribution in [3.8, 4) is 0 Å². The highest BCUT2D eigenvalue weighted by atomic mass is 32.1. The Hall–Kier alpha value is -6.48. The van der Waals surface area contributed by atoms with Gasteiger partial charge in [0.15, 0.2) is 0 Å². The van der Waals surface area contributed by atoms with Crippen LogP contribution in [0.1, 0.15) is 98.8 Å². The fourth-order valence-corrected chi connectivity index (χ4v) is 7.92. The van der Waals surface area contributed by atoms with E-state index in [1.807, 2.05) is 86.6 Å². The van der Waals surface area contributed by atoms with Gasteiger partial charge in [0.2, 0.25) is 0 Å². The minimum atomic E-state index is -1.36. The van der Waals surface area contributed by atoms with Crippen molar-refractivity contribution in [2.24, 2.45) is 0 Å². The molecule has 3 N–H and O–H groups in total. The molecule has 0 bridgehead atoms. The van der Waals surface area contributed by atoms with Crippen molar-refractivity contribution in [2.45, 2.75) is 95.2 Å². The largest absolute Gasteiger partial charge is 0.481 e. The molecule has 14 heteroatoms. The van der Waals surface area contributed by atoms with E-state index in [1.54, 1.807) is 0 Å². The number of nitrogens with one attached hydrogen (secondary N) is 1. The van der Waals surface area contributed by atoms with Gasteiger partial charge in [0, 0.05) is 49.0 Å². The molecule has 1 amide bonds. The molecule has 0 aliphatic rings. The minimum Gasteiger partial charge on any atom is -0.481 e. The van der Waals surface area contributed by atoms with E-state index < -0.39 is 46.1 Å². The Morgan fingerprint density at radius 1 is 0.588 bits per heavy atom. The summed E-state index contributed by atoms with van der Waals surface area (Å²) in [7, 11) is 8.29. The lowest BCUT2D eigenvalue weighted by Gasteiger charge is -2.37. The van der Waals surface area contributed by atoms with Crippen molar-refractivity contribution in [3.05, 3.63) is 184 Å². The van der Waals surface area contributed by atoms with Crippen LogP contribution >= 0.6 is 13.5 Å². The summed E-state index contributed by atoms with van der Waals surface area (Å²) in [6.07, 6.45) is 1.95. The van der Waals surface area contributed by atoms with Crippen LogP contribution in [0.4, 0.5) is 5.69 Å². The first kappa shape index (κ1) is 57.6. The number of carboxylic acids is 2. The number of nitro groups is 1. The fourth-order valence-electron chi connectivity index (χ4n) is 7.92. The van der Waals surface area contributed by atoms with Gasteiger partial charge in [-0.1, -0.05) is 135 Å². The van der Waals surface area contributed by atoms with Gasteiger partial charge >= 0.3 is 11.9 Å². The van der Waals surface area contributed by atoms with Gasteiger partial charge in [-0.2, -0.15) is 13.5 Å². The quantitative estimate of drug-likeness (QED) is 0.0470.